The highest BCUT2D eigenvalue weighted by atomic mass is 16.5. The van der Waals surface area contributed by atoms with Crippen molar-refractivity contribution >= 4 is 11.9 Å². The number of esters is 1. The first-order valence-electron chi connectivity index (χ1n) is 5.72. The molecule has 1 N–H and O–H groups in total. The second-order valence-corrected chi connectivity index (χ2v) is 4.00. The Hall–Kier alpha value is -1.32. The highest BCUT2D eigenvalue weighted by molar-refractivity contribution is 5.76. The van der Waals surface area contributed by atoms with E-state index in [9.17, 15) is 9.59 Å². The molecule has 0 bridgehead atoms. The van der Waals surface area contributed by atoms with Gasteiger partial charge in [0, 0.05) is 19.4 Å². The first-order valence-corrected chi connectivity index (χ1v) is 5.72. The topological polar surface area (TPSA) is 55.4 Å². The van der Waals surface area contributed by atoms with Crippen molar-refractivity contribution in [2.24, 2.45) is 5.92 Å². The standard InChI is InChI=1S/C12H19NO3/c1-16-12(15)7-4-8-13-11(14)9-10-5-2-3-6-10/h2,5,10H,3-4,6-9H2,1H3,(H,13,14)/t10-/m1/s1. The summed E-state index contributed by atoms with van der Waals surface area (Å²) in [4.78, 5) is 22.2. The van der Waals surface area contributed by atoms with Gasteiger partial charge in [0.05, 0.1) is 7.11 Å². The van der Waals surface area contributed by atoms with Crippen LogP contribution in [0.2, 0.25) is 0 Å². The first-order chi connectivity index (χ1) is 7.72. The van der Waals surface area contributed by atoms with Crippen LogP contribution in [0.3, 0.4) is 0 Å². The minimum atomic E-state index is -0.229. The summed E-state index contributed by atoms with van der Waals surface area (Å²) in [6, 6.07) is 0. The van der Waals surface area contributed by atoms with Crippen molar-refractivity contribution < 1.29 is 14.3 Å². The molecule has 0 aromatic rings. The lowest BCUT2D eigenvalue weighted by Gasteiger charge is -2.08. The summed E-state index contributed by atoms with van der Waals surface area (Å²) in [6.07, 6.45) is 7.95. The molecule has 0 aliphatic heterocycles. The van der Waals surface area contributed by atoms with Crippen molar-refractivity contribution in [3.8, 4) is 0 Å². The summed E-state index contributed by atoms with van der Waals surface area (Å²) in [5.41, 5.74) is 0. The number of hydrogen-bond donors (Lipinski definition) is 1. The zero-order valence-electron chi connectivity index (χ0n) is 9.70. The van der Waals surface area contributed by atoms with Gasteiger partial charge in [-0.2, -0.15) is 0 Å². The van der Waals surface area contributed by atoms with E-state index in [1.54, 1.807) is 0 Å². The minimum absolute atomic E-state index is 0.0708. The average Bonchev–Trinajstić information content (AvgIpc) is 2.76. The first kappa shape index (κ1) is 12.7. The molecule has 1 aliphatic rings. The lowest BCUT2D eigenvalue weighted by molar-refractivity contribution is -0.140. The van der Waals surface area contributed by atoms with Gasteiger partial charge in [-0.1, -0.05) is 12.2 Å². The third-order valence-electron chi connectivity index (χ3n) is 2.67. The fourth-order valence-corrected chi connectivity index (χ4v) is 1.74. The highest BCUT2D eigenvalue weighted by Crippen LogP contribution is 2.19. The molecule has 90 valence electrons. The maximum absolute atomic E-state index is 11.5. The van der Waals surface area contributed by atoms with E-state index < -0.39 is 0 Å². The SMILES string of the molecule is COC(=O)CCCNC(=O)C[C@@H]1C=CCC1. The van der Waals surface area contributed by atoms with Crippen LogP contribution in [0.25, 0.3) is 0 Å². The molecule has 0 saturated carbocycles. The lowest BCUT2D eigenvalue weighted by atomic mass is 10.1. The van der Waals surface area contributed by atoms with Crippen LogP contribution in [0, 0.1) is 5.92 Å². The van der Waals surface area contributed by atoms with E-state index >= 15 is 0 Å². The summed E-state index contributed by atoms with van der Waals surface area (Å²) in [5.74, 6) is 0.245. The van der Waals surface area contributed by atoms with E-state index in [4.69, 9.17) is 0 Å². The second-order valence-electron chi connectivity index (χ2n) is 4.00. The molecule has 4 heteroatoms. The summed E-state index contributed by atoms with van der Waals surface area (Å²) in [6.45, 7) is 0.546. The van der Waals surface area contributed by atoms with Gasteiger partial charge in [0.15, 0.2) is 0 Å². The predicted octanol–water partition coefficient (Wildman–Crippen LogP) is 1.41. The number of carbonyl (C=O) groups excluding carboxylic acids is 2. The van der Waals surface area contributed by atoms with Crippen LogP contribution in [-0.2, 0) is 14.3 Å². The van der Waals surface area contributed by atoms with E-state index in [-0.39, 0.29) is 11.9 Å². The number of allylic oxidation sites excluding steroid dienone is 2. The molecule has 4 nitrogen and oxygen atoms in total. The van der Waals surface area contributed by atoms with Gasteiger partial charge in [0.25, 0.3) is 0 Å². The van der Waals surface area contributed by atoms with Crippen molar-refractivity contribution in [3.05, 3.63) is 12.2 Å². The van der Waals surface area contributed by atoms with Gasteiger partial charge in [-0.05, 0) is 25.2 Å². The van der Waals surface area contributed by atoms with Crippen molar-refractivity contribution in [1.82, 2.24) is 5.32 Å². The fraction of sp³-hybridized carbons (Fsp3) is 0.667. The van der Waals surface area contributed by atoms with Crippen LogP contribution in [-0.4, -0.2) is 25.5 Å². The van der Waals surface area contributed by atoms with E-state index in [0.717, 1.165) is 12.8 Å². The number of nitrogens with one attached hydrogen (secondary N) is 1. The molecule has 0 spiro atoms. The number of methoxy groups -OCH3 is 1. The summed E-state index contributed by atoms with van der Waals surface area (Å²) in [5, 5.41) is 2.81. The van der Waals surface area contributed by atoms with Crippen molar-refractivity contribution in [3.63, 3.8) is 0 Å². The molecule has 1 amide bonds. The highest BCUT2D eigenvalue weighted by Gasteiger charge is 2.13. The quantitative estimate of drug-likeness (QED) is 0.422. The largest absolute Gasteiger partial charge is 0.469 e. The Morgan fingerprint density at radius 3 is 2.94 bits per heavy atom. The zero-order valence-corrected chi connectivity index (χ0v) is 9.70. The second kappa shape index (κ2) is 7.04. The molecule has 1 atom stereocenters. The predicted molar refractivity (Wildman–Crippen MR) is 60.7 cm³/mol. The maximum Gasteiger partial charge on any atom is 0.305 e. The zero-order chi connectivity index (χ0) is 11.8. The summed E-state index contributed by atoms with van der Waals surface area (Å²) < 4.78 is 4.50. The molecule has 0 unspecified atom stereocenters. The molecule has 16 heavy (non-hydrogen) atoms. The van der Waals surface area contributed by atoms with Crippen LogP contribution in [0.4, 0.5) is 0 Å². The van der Waals surface area contributed by atoms with Gasteiger partial charge in [-0.25, -0.2) is 0 Å². The Bertz CT molecular complexity index is 273. The van der Waals surface area contributed by atoms with Gasteiger partial charge in [0.1, 0.15) is 0 Å². The molecule has 0 saturated heterocycles. The Morgan fingerprint density at radius 1 is 1.50 bits per heavy atom. The van der Waals surface area contributed by atoms with E-state index in [1.807, 2.05) is 0 Å². The van der Waals surface area contributed by atoms with Crippen molar-refractivity contribution in [1.29, 1.82) is 0 Å². The van der Waals surface area contributed by atoms with Gasteiger partial charge >= 0.3 is 5.97 Å². The number of rotatable bonds is 6. The normalized spacial score (nSPS) is 18.4. The molecule has 0 aromatic carbocycles. The van der Waals surface area contributed by atoms with Crippen LogP contribution < -0.4 is 5.32 Å². The molecule has 0 fully saturated rings. The molecular formula is C12H19NO3. The Balaban J connectivity index is 2.02. The molecule has 1 aliphatic carbocycles. The van der Waals surface area contributed by atoms with Crippen LogP contribution in [0.1, 0.15) is 32.1 Å². The lowest BCUT2D eigenvalue weighted by Crippen LogP contribution is -2.26. The Morgan fingerprint density at radius 2 is 2.31 bits per heavy atom. The van der Waals surface area contributed by atoms with Gasteiger partial charge < -0.3 is 10.1 Å². The molecule has 0 heterocycles. The summed E-state index contributed by atoms with van der Waals surface area (Å²) in [7, 11) is 1.37. The monoisotopic (exact) mass is 225 g/mol. The molecule has 0 aromatic heterocycles. The third-order valence-corrected chi connectivity index (χ3v) is 2.67. The van der Waals surface area contributed by atoms with Crippen molar-refractivity contribution in [2.75, 3.05) is 13.7 Å². The number of ether oxygens (including phenoxy) is 1. The Kier molecular flexibility index (Phi) is 5.61. The van der Waals surface area contributed by atoms with Gasteiger partial charge in [-0.15, -0.1) is 0 Å². The minimum Gasteiger partial charge on any atom is -0.469 e. The average molecular weight is 225 g/mol. The van der Waals surface area contributed by atoms with Crippen molar-refractivity contribution in [2.45, 2.75) is 32.1 Å². The molecular weight excluding hydrogens is 206 g/mol. The third kappa shape index (κ3) is 4.96. The van der Waals surface area contributed by atoms with Crippen LogP contribution in [0.5, 0.6) is 0 Å². The van der Waals surface area contributed by atoms with E-state index in [2.05, 4.69) is 22.2 Å². The maximum atomic E-state index is 11.5. The van der Waals surface area contributed by atoms with Crippen LogP contribution in [0.15, 0.2) is 12.2 Å². The van der Waals surface area contributed by atoms with Crippen LogP contribution >= 0.6 is 0 Å². The Labute approximate surface area is 96.0 Å². The number of amides is 1. The van der Waals surface area contributed by atoms with Gasteiger partial charge in [0.2, 0.25) is 5.91 Å². The molecule has 1 rings (SSSR count). The van der Waals surface area contributed by atoms with Gasteiger partial charge in [-0.3, -0.25) is 9.59 Å². The summed E-state index contributed by atoms with van der Waals surface area (Å²) >= 11 is 0. The number of hydrogen-bond acceptors (Lipinski definition) is 3. The number of carbonyl (C=O) groups is 2. The van der Waals surface area contributed by atoms with E-state index in [1.165, 1.54) is 7.11 Å². The fourth-order valence-electron chi connectivity index (χ4n) is 1.74. The molecule has 0 radical (unpaired) electrons. The smallest absolute Gasteiger partial charge is 0.305 e. The van der Waals surface area contributed by atoms with E-state index in [0.29, 0.717) is 31.7 Å².